The number of hydrogen-bond donors (Lipinski definition) is 2. The number of likely N-dealkylation sites (N-methyl/N-ethyl adjacent to an activating group) is 1. The van der Waals surface area contributed by atoms with E-state index in [1.165, 1.54) is 5.56 Å². The molecule has 0 radical (unpaired) electrons. The van der Waals surface area contributed by atoms with E-state index in [0.29, 0.717) is 43.1 Å². The standard InChI is InChI=1S/C36H56N4O6/c1-26-22-40(27(2)25-41)36(43)32-21-30(37-35(42)12-10-19-38(4)5)15-18-33(32)46-28(3)11-8-9-20-45-34(26)24-39(6)23-29-13-16-31(44-7)17-14-29/h13-18,21,26-28,34,41H,8-12,19-20,22-25H2,1-7H3,(H,37,42)/t26-,27-,28-,34+/m1/s1. The molecule has 0 unspecified atom stereocenters. The molecular formula is C36H56N4O6. The molecular weight excluding hydrogens is 584 g/mol. The second-order valence-electron chi connectivity index (χ2n) is 13.0. The second-order valence-corrected chi connectivity index (χ2v) is 13.0. The Bertz CT molecular complexity index is 1220. The van der Waals surface area contributed by atoms with Gasteiger partial charge in [-0.3, -0.25) is 14.5 Å². The number of rotatable bonds is 12. The van der Waals surface area contributed by atoms with Gasteiger partial charge in [0.25, 0.3) is 5.91 Å². The second kappa shape index (κ2) is 18.8. The molecule has 0 aromatic heterocycles. The highest BCUT2D eigenvalue weighted by Crippen LogP contribution is 2.29. The minimum Gasteiger partial charge on any atom is -0.497 e. The number of fused-ring (bicyclic) bond motifs is 1. The van der Waals surface area contributed by atoms with Gasteiger partial charge in [-0.2, -0.15) is 0 Å². The Balaban J connectivity index is 1.85. The van der Waals surface area contributed by atoms with E-state index in [9.17, 15) is 14.7 Å². The fraction of sp³-hybridized carbons (Fsp3) is 0.611. The number of aliphatic hydroxyl groups is 1. The number of methoxy groups -OCH3 is 1. The Morgan fingerprint density at radius 1 is 1.13 bits per heavy atom. The number of carbonyl (C=O) groups excluding carboxylic acids is 2. The Kier molecular flexibility index (Phi) is 15.3. The summed E-state index contributed by atoms with van der Waals surface area (Å²) in [5, 5.41) is 13.2. The molecule has 1 heterocycles. The first kappa shape index (κ1) is 37.3. The van der Waals surface area contributed by atoms with Gasteiger partial charge in [-0.1, -0.05) is 19.1 Å². The fourth-order valence-corrected chi connectivity index (χ4v) is 5.66. The molecule has 0 saturated carbocycles. The first-order valence-corrected chi connectivity index (χ1v) is 16.6. The number of carbonyl (C=O) groups is 2. The molecule has 0 fully saturated rings. The molecule has 4 atom stereocenters. The monoisotopic (exact) mass is 640 g/mol. The van der Waals surface area contributed by atoms with E-state index in [1.807, 2.05) is 45.0 Å². The quantitative estimate of drug-likeness (QED) is 0.338. The number of nitrogens with zero attached hydrogens (tertiary/aromatic N) is 3. The number of benzene rings is 2. The molecule has 2 aromatic carbocycles. The van der Waals surface area contributed by atoms with E-state index in [0.717, 1.165) is 44.5 Å². The third kappa shape index (κ3) is 11.9. The zero-order valence-electron chi connectivity index (χ0n) is 29.0. The summed E-state index contributed by atoms with van der Waals surface area (Å²) in [5.41, 5.74) is 2.09. The summed E-state index contributed by atoms with van der Waals surface area (Å²) in [6.45, 7) is 9.03. The van der Waals surface area contributed by atoms with Crippen LogP contribution in [0.2, 0.25) is 0 Å². The minimum absolute atomic E-state index is 0.0258. The molecule has 10 nitrogen and oxygen atoms in total. The van der Waals surface area contributed by atoms with Crippen LogP contribution in [-0.4, -0.2) is 111 Å². The van der Waals surface area contributed by atoms with E-state index in [4.69, 9.17) is 14.2 Å². The Morgan fingerprint density at radius 2 is 1.87 bits per heavy atom. The van der Waals surface area contributed by atoms with Gasteiger partial charge in [-0.05, 0) is 103 Å². The molecule has 0 bridgehead atoms. The van der Waals surface area contributed by atoms with Gasteiger partial charge in [0, 0.05) is 44.3 Å². The number of anilines is 1. The van der Waals surface area contributed by atoms with Crippen LogP contribution in [0, 0.1) is 5.92 Å². The van der Waals surface area contributed by atoms with Crippen molar-refractivity contribution in [3.63, 3.8) is 0 Å². The summed E-state index contributed by atoms with van der Waals surface area (Å²) in [7, 11) is 7.70. The maximum absolute atomic E-state index is 14.3. The Hall–Kier alpha value is -3.18. The van der Waals surface area contributed by atoms with Crippen molar-refractivity contribution < 1.29 is 28.9 Å². The van der Waals surface area contributed by atoms with Gasteiger partial charge >= 0.3 is 0 Å². The summed E-state index contributed by atoms with van der Waals surface area (Å²) >= 11 is 0. The average Bonchev–Trinajstić information content (AvgIpc) is 3.02. The molecule has 1 aliphatic rings. The van der Waals surface area contributed by atoms with E-state index >= 15 is 0 Å². The average molecular weight is 641 g/mol. The summed E-state index contributed by atoms with van der Waals surface area (Å²) in [4.78, 5) is 33.0. The van der Waals surface area contributed by atoms with Gasteiger partial charge in [0.05, 0.1) is 37.5 Å². The summed E-state index contributed by atoms with van der Waals surface area (Å²) in [5.74, 6) is 0.934. The van der Waals surface area contributed by atoms with E-state index < -0.39 is 6.04 Å². The SMILES string of the molecule is COc1ccc(CN(C)C[C@@H]2OCCCC[C@@H](C)Oc3ccc(NC(=O)CCCN(C)C)cc3C(=O)N([C@H](C)CO)C[C@H]2C)cc1. The van der Waals surface area contributed by atoms with Crippen LogP contribution in [0.1, 0.15) is 68.8 Å². The number of ether oxygens (including phenoxy) is 3. The normalized spacial score (nSPS) is 20.5. The van der Waals surface area contributed by atoms with Crippen molar-refractivity contribution in [1.82, 2.24) is 14.7 Å². The van der Waals surface area contributed by atoms with Gasteiger partial charge in [0.15, 0.2) is 0 Å². The summed E-state index contributed by atoms with van der Waals surface area (Å²) in [6.07, 6.45) is 3.53. The molecule has 3 rings (SSSR count). The van der Waals surface area contributed by atoms with Gasteiger partial charge in [0.1, 0.15) is 11.5 Å². The largest absolute Gasteiger partial charge is 0.497 e. The molecule has 2 N–H and O–H groups in total. The van der Waals surface area contributed by atoms with Gasteiger partial charge in [0.2, 0.25) is 5.91 Å². The maximum atomic E-state index is 14.3. The number of nitrogens with one attached hydrogen (secondary N) is 1. The van der Waals surface area contributed by atoms with E-state index in [2.05, 4.69) is 36.3 Å². The van der Waals surface area contributed by atoms with Crippen molar-refractivity contribution in [2.24, 2.45) is 5.92 Å². The van der Waals surface area contributed by atoms with Crippen molar-refractivity contribution in [1.29, 1.82) is 0 Å². The summed E-state index contributed by atoms with van der Waals surface area (Å²) in [6, 6.07) is 12.9. The zero-order valence-corrected chi connectivity index (χ0v) is 29.0. The molecule has 10 heteroatoms. The van der Waals surface area contributed by atoms with Gasteiger partial charge < -0.3 is 34.4 Å². The molecule has 0 spiro atoms. The molecule has 256 valence electrons. The third-order valence-electron chi connectivity index (χ3n) is 8.45. The molecule has 46 heavy (non-hydrogen) atoms. The number of hydrogen-bond acceptors (Lipinski definition) is 8. The smallest absolute Gasteiger partial charge is 0.258 e. The van der Waals surface area contributed by atoms with Crippen molar-refractivity contribution in [2.45, 2.75) is 77.7 Å². The lowest BCUT2D eigenvalue weighted by molar-refractivity contribution is -0.116. The topological polar surface area (TPSA) is 104 Å². The predicted molar refractivity (Wildman–Crippen MR) is 183 cm³/mol. The molecule has 1 aliphatic heterocycles. The molecule has 0 aliphatic carbocycles. The molecule has 0 saturated heterocycles. The maximum Gasteiger partial charge on any atom is 0.258 e. The lowest BCUT2D eigenvalue weighted by Crippen LogP contribution is -2.47. The summed E-state index contributed by atoms with van der Waals surface area (Å²) < 4.78 is 18.1. The highest BCUT2D eigenvalue weighted by molar-refractivity contribution is 5.99. The third-order valence-corrected chi connectivity index (χ3v) is 8.45. The highest BCUT2D eigenvalue weighted by atomic mass is 16.5. The Labute approximate surface area is 276 Å². The zero-order chi connectivity index (χ0) is 33.6. The lowest BCUT2D eigenvalue weighted by atomic mass is 10.0. The van der Waals surface area contributed by atoms with E-state index in [-0.39, 0.29) is 36.5 Å². The van der Waals surface area contributed by atoms with Crippen molar-refractivity contribution in [3.05, 3.63) is 53.6 Å². The van der Waals surface area contributed by atoms with Crippen molar-refractivity contribution in [3.8, 4) is 11.5 Å². The van der Waals surface area contributed by atoms with Crippen LogP contribution in [0.3, 0.4) is 0 Å². The molecule has 2 amide bonds. The first-order valence-electron chi connectivity index (χ1n) is 16.6. The van der Waals surface area contributed by atoms with Crippen LogP contribution in [0.15, 0.2) is 42.5 Å². The first-order chi connectivity index (χ1) is 22.0. The van der Waals surface area contributed by atoms with E-state index in [1.54, 1.807) is 30.2 Å². The predicted octanol–water partition coefficient (Wildman–Crippen LogP) is 4.90. The van der Waals surface area contributed by atoms with Crippen LogP contribution in [0.4, 0.5) is 5.69 Å². The molecule has 2 aromatic rings. The van der Waals surface area contributed by atoms with Crippen LogP contribution >= 0.6 is 0 Å². The van der Waals surface area contributed by atoms with Gasteiger partial charge in [-0.15, -0.1) is 0 Å². The lowest BCUT2D eigenvalue weighted by Gasteiger charge is -2.36. The fourth-order valence-electron chi connectivity index (χ4n) is 5.66. The van der Waals surface area contributed by atoms with Crippen LogP contribution in [0.25, 0.3) is 0 Å². The van der Waals surface area contributed by atoms with Crippen LogP contribution < -0.4 is 14.8 Å². The van der Waals surface area contributed by atoms with Gasteiger partial charge in [-0.25, -0.2) is 0 Å². The Morgan fingerprint density at radius 3 is 2.54 bits per heavy atom. The van der Waals surface area contributed by atoms with Crippen LogP contribution in [-0.2, 0) is 16.1 Å². The highest BCUT2D eigenvalue weighted by Gasteiger charge is 2.30. The number of aliphatic hydroxyl groups excluding tert-OH is 1. The van der Waals surface area contributed by atoms with Crippen molar-refractivity contribution in [2.75, 3.05) is 66.4 Å². The van der Waals surface area contributed by atoms with Crippen molar-refractivity contribution >= 4 is 17.5 Å². The minimum atomic E-state index is -0.435. The number of amides is 2. The van der Waals surface area contributed by atoms with Crippen LogP contribution in [0.5, 0.6) is 11.5 Å².